The molecule has 0 spiro atoms. The third-order valence-corrected chi connectivity index (χ3v) is 5.61. The van der Waals surface area contributed by atoms with Crippen LogP contribution in [0.1, 0.15) is 30.1 Å². The summed E-state index contributed by atoms with van der Waals surface area (Å²) in [5, 5.41) is 1.24. The number of aromatic nitrogens is 1. The Bertz CT molecular complexity index is 962. The molecular weight excluding hydrogens is 350 g/mol. The van der Waals surface area contributed by atoms with Gasteiger partial charge in [0.1, 0.15) is 0 Å². The number of carbonyl (C=O) groups excluding carboxylic acids is 1. The van der Waals surface area contributed by atoms with Crippen molar-refractivity contribution in [3.8, 4) is 0 Å². The van der Waals surface area contributed by atoms with E-state index in [-0.39, 0.29) is 5.97 Å². The van der Waals surface area contributed by atoms with Crippen LogP contribution < -0.4 is 10.6 Å². The lowest BCUT2D eigenvalue weighted by Crippen LogP contribution is -2.20. The highest BCUT2D eigenvalue weighted by molar-refractivity contribution is 5.89. The molecule has 5 heteroatoms. The number of benzene rings is 2. The number of ether oxygens (including phenoxy) is 1. The summed E-state index contributed by atoms with van der Waals surface area (Å²) in [6.45, 7) is 5.34. The lowest BCUT2D eigenvalue weighted by molar-refractivity contribution is 0.0526. The number of aryl methyl sites for hydroxylation is 1. The van der Waals surface area contributed by atoms with E-state index >= 15 is 0 Å². The molecule has 0 amide bonds. The fraction of sp³-hybridized carbons (Fsp3) is 0.348. The first-order chi connectivity index (χ1) is 13.6. The summed E-state index contributed by atoms with van der Waals surface area (Å²) in [5.74, 6) is 0.413. The zero-order valence-corrected chi connectivity index (χ0v) is 16.3. The normalized spacial score (nSPS) is 16.6. The minimum absolute atomic E-state index is 0.257. The van der Waals surface area contributed by atoms with Crippen LogP contribution in [0.5, 0.6) is 0 Å². The van der Waals surface area contributed by atoms with Crippen LogP contribution in [0.25, 0.3) is 10.9 Å². The number of nitrogens with zero attached hydrogens (tertiary/aromatic N) is 2. The Kier molecular flexibility index (Phi) is 5.24. The van der Waals surface area contributed by atoms with E-state index in [1.165, 1.54) is 23.0 Å². The van der Waals surface area contributed by atoms with Crippen molar-refractivity contribution < 1.29 is 9.53 Å². The van der Waals surface area contributed by atoms with Crippen molar-refractivity contribution in [2.45, 2.75) is 26.3 Å². The molecular formula is C23H27N3O2. The van der Waals surface area contributed by atoms with E-state index < -0.39 is 0 Å². The Hall–Kier alpha value is -2.95. The first-order valence-electron chi connectivity index (χ1n) is 10.0. The molecule has 1 saturated heterocycles. The summed E-state index contributed by atoms with van der Waals surface area (Å²) in [7, 11) is 0. The Morgan fingerprint density at radius 2 is 2.00 bits per heavy atom. The van der Waals surface area contributed by atoms with Crippen LogP contribution in [0.3, 0.4) is 0 Å². The smallest absolute Gasteiger partial charge is 0.338 e. The zero-order valence-electron chi connectivity index (χ0n) is 16.3. The predicted octanol–water partition coefficient (Wildman–Crippen LogP) is 4.32. The summed E-state index contributed by atoms with van der Waals surface area (Å²) < 4.78 is 7.36. The zero-order chi connectivity index (χ0) is 19.5. The van der Waals surface area contributed by atoms with Crippen LogP contribution in [-0.4, -0.2) is 30.2 Å². The van der Waals surface area contributed by atoms with E-state index in [1.807, 2.05) is 37.3 Å². The molecule has 2 N–H and O–H groups in total. The molecule has 2 heterocycles. The molecule has 28 heavy (non-hydrogen) atoms. The highest BCUT2D eigenvalue weighted by atomic mass is 16.5. The fourth-order valence-electron chi connectivity index (χ4n) is 4.04. The van der Waals surface area contributed by atoms with E-state index in [0.29, 0.717) is 18.1 Å². The van der Waals surface area contributed by atoms with Gasteiger partial charge in [-0.15, -0.1) is 0 Å². The standard InChI is InChI=1S/C23H27N3O2/c1-2-28-23(27)19-4-7-21(8-5-19)26-13-10-17(16-26)9-12-25-14-11-18-3-6-20(24)15-22(18)25/h3-8,11,14-15,17H,2,9-10,12-13,16,24H2,1H3. The molecule has 2 aromatic carbocycles. The maximum Gasteiger partial charge on any atom is 0.338 e. The molecule has 1 aromatic heterocycles. The predicted molar refractivity (Wildman–Crippen MR) is 114 cm³/mol. The Morgan fingerprint density at radius 3 is 2.79 bits per heavy atom. The molecule has 0 aliphatic carbocycles. The first-order valence-corrected chi connectivity index (χ1v) is 10.0. The molecule has 3 aromatic rings. The molecule has 4 rings (SSSR count). The van der Waals surface area contributed by atoms with Crippen molar-refractivity contribution in [3.05, 3.63) is 60.3 Å². The number of nitrogens with two attached hydrogens (primary N) is 1. The average Bonchev–Trinajstić information content (AvgIpc) is 3.33. The fourth-order valence-corrected chi connectivity index (χ4v) is 4.04. The molecule has 146 valence electrons. The van der Waals surface area contributed by atoms with Gasteiger partial charge in [0, 0.05) is 37.2 Å². The van der Waals surface area contributed by atoms with E-state index in [9.17, 15) is 4.79 Å². The maximum atomic E-state index is 11.8. The second kappa shape index (κ2) is 7.97. The van der Waals surface area contributed by atoms with Gasteiger partial charge in [-0.3, -0.25) is 0 Å². The molecule has 1 unspecified atom stereocenters. The van der Waals surface area contributed by atoms with Crippen molar-refractivity contribution in [1.29, 1.82) is 0 Å². The van der Waals surface area contributed by atoms with Crippen LogP contribution in [0.2, 0.25) is 0 Å². The Labute approximate surface area is 165 Å². The van der Waals surface area contributed by atoms with Crippen molar-refractivity contribution in [2.75, 3.05) is 30.3 Å². The Morgan fingerprint density at radius 1 is 1.18 bits per heavy atom. The summed E-state index contributed by atoms with van der Waals surface area (Å²) in [5.41, 5.74) is 9.76. The highest BCUT2D eigenvalue weighted by Gasteiger charge is 2.23. The first kappa shape index (κ1) is 18.4. The summed E-state index contributed by atoms with van der Waals surface area (Å²) in [4.78, 5) is 14.2. The van der Waals surface area contributed by atoms with Crippen molar-refractivity contribution in [1.82, 2.24) is 4.57 Å². The van der Waals surface area contributed by atoms with Gasteiger partial charge in [-0.05, 0) is 73.5 Å². The number of carbonyl (C=O) groups is 1. The average molecular weight is 377 g/mol. The summed E-state index contributed by atoms with van der Waals surface area (Å²) in [6.07, 6.45) is 4.50. The van der Waals surface area contributed by atoms with Gasteiger partial charge in [0.25, 0.3) is 0 Å². The topological polar surface area (TPSA) is 60.5 Å². The van der Waals surface area contributed by atoms with E-state index in [0.717, 1.165) is 31.7 Å². The lowest BCUT2D eigenvalue weighted by Gasteiger charge is -2.19. The van der Waals surface area contributed by atoms with Crippen LogP contribution in [0.15, 0.2) is 54.7 Å². The van der Waals surface area contributed by atoms with Gasteiger partial charge in [-0.2, -0.15) is 0 Å². The second-order valence-corrected chi connectivity index (χ2v) is 7.48. The molecule has 1 fully saturated rings. The van der Waals surface area contributed by atoms with Gasteiger partial charge in [0.15, 0.2) is 0 Å². The minimum atomic E-state index is -0.257. The van der Waals surface area contributed by atoms with Crippen molar-refractivity contribution in [2.24, 2.45) is 5.92 Å². The van der Waals surface area contributed by atoms with Crippen LogP contribution in [0, 0.1) is 5.92 Å². The monoisotopic (exact) mass is 377 g/mol. The van der Waals surface area contributed by atoms with E-state index in [4.69, 9.17) is 10.5 Å². The number of rotatable bonds is 6. The largest absolute Gasteiger partial charge is 0.462 e. The maximum absolute atomic E-state index is 11.8. The van der Waals surface area contributed by atoms with Crippen LogP contribution >= 0.6 is 0 Å². The van der Waals surface area contributed by atoms with Gasteiger partial charge < -0.3 is 19.9 Å². The molecule has 1 aliphatic heterocycles. The number of fused-ring (bicyclic) bond motifs is 1. The van der Waals surface area contributed by atoms with Gasteiger partial charge in [0.2, 0.25) is 0 Å². The molecule has 0 saturated carbocycles. The number of hydrogen-bond acceptors (Lipinski definition) is 4. The number of nitrogen functional groups attached to an aromatic ring is 1. The number of hydrogen-bond donors (Lipinski definition) is 1. The molecule has 1 aliphatic rings. The van der Waals surface area contributed by atoms with Gasteiger partial charge in [-0.1, -0.05) is 6.07 Å². The summed E-state index contributed by atoms with van der Waals surface area (Å²) >= 11 is 0. The van der Waals surface area contributed by atoms with Crippen LogP contribution in [-0.2, 0) is 11.3 Å². The third-order valence-electron chi connectivity index (χ3n) is 5.61. The molecule has 1 atom stereocenters. The SMILES string of the molecule is CCOC(=O)c1ccc(N2CCC(CCn3ccc4ccc(N)cc43)C2)cc1. The lowest BCUT2D eigenvalue weighted by atomic mass is 10.1. The van der Waals surface area contributed by atoms with Crippen LogP contribution in [0.4, 0.5) is 11.4 Å². The van der Waals surface area contributed by atoms with Crippen molar-refractivity contribution in [3.63, 3.8) is 0 Å². The minimum Gasteiger partial charge on any atom is -0.462 e. The quantitative estimate of drug-likeness (QED) is 0.513. The summed E-state index contributed by atoms with van der Waals surface area (Å²) in [6, 6.07) is 16.0. The van der Waals surface area contributed by atoms with Gasteiger partial charge in [0.05, 0.1) is 17.7 Å². The molecule has 5 nitrogen and oxygen atoms in total. The Balaban J connectivity index is 1.35. The second-order valence-electron chi connectivity index (χ2n) is 7.48. The third kappa shape index (κ3) is 3.84. The number of anilines is 2. The van der Waals surface area contributed by atoms with Crippen molar-refractivity contribution >= 4 is 28.2 Å². The molecule has 0 radical (unpaired) electrons. The molecule has 0 bridgehead atoms. The van der Waals surface area contributed by atoms with Gasteiger partial charge >= 0.3 is 5.97 Å². The highest BCUT2D eigenvalue weighted by Crippen LogP contribution is 2.27. The number of esters is 1. The van der Waals surface area contributed by atoms with E-state index in [2.05, 4.69) is 33.9 Å². The van der Waals surface area contributed by atoms with Gasteiger partial charge in [-0.25, -0.2) is 4.79 Å². The van der Waals surface area contributed by atoms with E-state index in [1.54, 1.807) is 0 Å².